The van der Waals surface area contributed by atoms with Gasteiger partial charge in [0.15, 0.2) is 0 Å². The van der Waals surface area contributed by atoms with Crippen molar-refractivity contribution in [1.82, 2.24) is 0 Å². The standard InChI is InChI=1S/C40H41NO4Si/c1-39(2,3)46(34-22-12-6-13-23-34,35-24-14-7-15-25-35)45-37-26-16-17-31-29-40(43,28-27-36(31)37)30-44-38(42)41(32-18-8-4-9-19-32)33-20-10-5-11-21-33/h4-26,43H,27-30H2,1-3H3/t40-/m1/s1. The Kier molecular flexibility index (Phi) is 8.85. The highest BCUT2D eigenvalue weighted by molar-refractivity contribution is 7.00. The summed E-state index contributed by atoms with van der Waals surface area (Å²) in [5.74, 6) is 0.866. The Morgan fingerprint density at radius 3 is 1.74 bits per heavy atom. The lowest BCUT2D eigenvalue weighted by Crippen LogP contribution is -2.69. The SMILES string of the molecule is CC(C)(C)[Si](Oc1cccc2c1CC[C@](O)(COC(=O)N(c1ccccc1)c1ccccc1)C2)(c1ccccc1)c1ccccc1. The van der Waals surface area contributed by atoms with E-state index in [9.17, 15) is 9.90 Å². The first-order valence-electron chi connectivity index (χ1n) is 15.9. The van der Waals surface area contributed by atoms with E-state index < -0.39 is 20.0 Å². The second kappa shape index (κ2) is 13.0. The summed E-state index contributed by atoms with van der Waals surface area (Å²) in [5, 5.41) is 14.0. The number of hydrogen-bond acceptors (Lipinski definition) is 4. The highest BCUT2D eigenvalue weighted by Crippen LogP contribution is 2.41. The second-order valence-corrected chi connectivity index (χ2v) is 17.3. The first-order valence-corrected chi connectivity index (χ1v) is 17.8. The van der Waals surface area contributed by atoms with Crippen LogP contribution in [0.2, 0.25) is 5.04 Å². The predicted molar refractivity (Wildman–Crippen MR) is 188 cm³/mol. The number of para-hydroxylation sites is 2. The lowest BCUT2D eigenvalue weighted by Gasteiger charge is -2.44. The van der Waals surface area contributed by atoms with Crippen molar-refractivity contribution in [2.45, 2.75) is 50.7 Å². The number of nitrogens with zero attached hydrogens (tertiary/aromatic N) is 1. The largest absolute Gasteiger partial charge is 0.534 e. The zero-order chi connectivity index (χ0) is 32.2. The maximum Gasteiger partial charge on any atom is 0.419 e. The molecule has 0 radical (unpaired) electrons. The van der Waals surface area contributed by atoms with Crippen molar-refractivity contribution in [1.29, 1.82) is 0 Å². The van der Waals surface area contributed by atoms with Gasteiger partial charge < -0.3 is 14.3 Å². The number of rotatable bonds is 8. The van der Waals surface area contributed by atoms with Gasteiger partial charge in [-0.2, -0.15) is 0 Å². The molecular formula is C40H41NO4Si. The summed E-state index contributed by atoms with van der Waals surface area (Å²) in [6.07, 6.45) is 0.897. The van der Waals surface area contributed by atoms with Gasteiger partial charge in [-0.3, -0.25) is 0 Å². The van der Waals surface area contributed by atoms with Gasteiger partial charge >= 0.3 is 14.4 Å². The number of amides is 1. The average molecular weight is 628 g/mol. The highest BCUT2D eigenvalue weighted by Gasteiger charge is 2.52. The molecule has 0 saturated carbocycles. The van der Waals surface area contributed by atoms with Gasteiger partial charge in [-0.15, -0.1) is 0 Å². The van der Waals surface area contributed by atoms with E-state index in [1.165, 1.54) is 15.3 Å². The number of fused-ring (bicyclic) bond motifs is 1. The first-order chi connectivity index (χ1) is 22.2. The number of benzene rings is 5. The smallest absolute Gasteiger partial charge is 0.419 e. The molecule has 0 aromatic heterocycles. The van der Waals surface area contributed by atoms with Gasteiger partial charge in [-0.25, -0.2) is 9.69 Å². The molecule has 0 saturated heterocycles. The molecule has 0 heterocycles. The third-order valence-corrected chi connectivity index (χ3v) is 13.9. The fourth-order valence-corrected chi connectivity index (χ4v) is 11.1. The molecule has 1 atom stereocenters. The van der Waals surface area contributed by atoms with Gasteiger partial charge in [0.1, 0.15) is 18.0 Å². The van der Waals surface area contributed by atoms with Crippen LogP contribution in [0.25, 0.3) is 0 Å². The fraction of sp³-hybridized carbons (Fsp3) is 0.225. The summed E-state index contributed by atoms with van der Waals surface area (Å²) in [5.41, 5.74) is 2.33. The second-order valence-electron chi connectivity index (χ2n) is 13.1. The van der Waals surface area contributed by atoms with E-state index in [1.54, 1.807) is 0 Å². The lowest BCUT2D eigenvalue weighted by molar-refractivity contribution is -0.0296. The van der Waals surface area contributed by atoms with Crippen LogP contribution in [0.5, 0.6) is 5.75 Å². The summed E-state index contributed by atoms with van der Waals surface area (Å²) < 4.78 is 13.3. The van der Waals surface area contributed by atoms with E-state index in [4.69, 9.17) is 9.16 Å². The molecule has 46 heavy (non-hydrogen) atoms. The van der Waals surface area contributed by atoms with Crippen LogP contribution in [-0.4, -0.2) is 31.7 Å². The Labute approximate surface area is 273 Å². The van der Waals surface area contributed by atoms with Crippen LogP contribution < -0.4 is 19.7 Å². The van der Waals surface area contributed by atoms with Crippen molar-refractivity contribution < 1.29 is 19.1 Å². The molecule has 1 N–H and O–H groups in total. The molecule has 5 aromatic carbocycles. The van der Waals surface area contributed by atoms with Gasteiger partial charge in [0.25, 0.3) is 0 Å². The van der Waals surface area contributed by atoms with Crippen LogP contribution >= 0.6 is 0 Å². The summed E-state index contributed by atoms with van der Waals surface area (Å²) in [6, 6.07) is 46.2. The lowest BCUT2D eigenvalue weighted by atomic mass is 9.80. The van der Waals surface area contributed by atoms with Crippen molar-refractivity contribution in [3.63, 3.8) is 0 Å². The Morgan fingerprint density at radius 2 is 1.24 bits per heavy atom. The summed E-state index contributed by atoms with van der Waals surface area (Å²) in [7, 11) is -2.83. The van der Waals surface area contributed by atoms with Gasteiger partial charge in [0, 0.05) is 6.42 Å². The normalized spacial score (nSPS) is 16.3. The van der Waals surface area contributed by atoms with Gasteiger partial charge in [0.05, 0.1) is 11.4 Å². The van der Waals surface area contributed by atoms with Crippen molar-refractivity contribution in [3.8, 4) is 5.75 Å². The minimum absolute atomic E-state index is 0.110. The predicted octanol–water partition coefficient (Wildman–Crippen LogP) is 7.82. The Bertz CT molecular complexity index is 1680. The van der Waals surface area contributed by atoms with Crippen molar-refractivity contribution in [2.24, 2.45) is 0 Å². The number of anilines is 2. The molecule has 0 spiro atoms. The molecule has 1 amide bonds. The molecule has 0 bridgehead atoms. The number of carbonyl (C=O) groups is 1. The number of carbonyl (C=O) groups excluding carboxylic acids is 1. The van der Waals surface area contributed by atoms with Gasteiger partial charge in [0.2, 0.25) is 0 Å². The van der Waals surface area contributed by atoms with E-state index >= 15 is 0 Å². The van der Waals surface area contributed by atoms with Crippen LogP contribution in [-0.2, 0) is 17.6 Å². The number of ether oxygens (including phenoxy) is 1. The maximum atomic E-state index is 13.5. The van der Waals surface area contributed by atoms with Crippen LogP contribution in [0.15, 0.2) is 140 Å². The van der Waals surface area contributed by atoms with E-state index in [0.717, 1.165) is 16.9 Å². The molecule has 0 fully saturated rings. The van der Waals surface area contributed by atoms with E-state index in [2.05, 4.69) is 81.4 Å². The Balaban J connectivity index is 1.27. The Morgan fingerprint density at radius 1 is 0.739 bits per heavy atom. The summed E-state index contributed by atoms with van der Waals surface area (Å²) in [4.78, 5) is 15.1. The molecule has 0 aliphatic heterocycles. The van der Waals surface area contributed by atoms with Crippen molar-refractivity contribution in [2.75, 3.05) is 11.5 Å². The van der Waals surface area contributed by atoms with Gasteiger partial charge in [-0.05, 0) is 69.7 Å². The van der Waals surface area contributed by atoms with Crippen molar-refractivity contribution >= 4 is 36.2 Å². The molecule has 5 aromatic rings. The van der Waals surface area contributed by atoms with E-state index in [-0.39, 0.29) is 11.6 Å². The van der Waals surface area contributed by atoms with Crippen molar-refractivity contribution in [3.05, 3.63) is 151 Å². The monoisotopic (exact) mass is 627 g/mol. The van der Waals surface area contributed by atoms with Crippen LogP contribution in [0.4, 0.5) is 16.2 Å². The fourth-order valence-electron chi connectivity index (χ4n) is 6.67. The Hall–Kier alpha value is -4.65. The van der Waals surface area contributed by atoms with Crippen LogP contribution in [0, 0.1) is 0 Å². The summed E-state index contributed by atoms with van der Waals surface area (Å²) >= 11 is 0. The molecule has 6 rings (SSSR count). The van der Waals surface area contributed by atoms with Gasteiger partial charge in [-0.1, -0.05) is 130 Å². The number of aliphatic hydroxyl groups is 1. The van der Waals surface area contributed by atoms with E-state index in [0.29, 0.717) is 30.6 Å². The molecule has 234 valence electrons. The first kappa shape index (κ1) is 31.3. The molecule has 6 heteroatoms. The molecule has 5 nitrogen and oxygen atoms in total. The molecule has 0 unspecified atom stereocenters. The molecule has 1 aliphatic carbocycles. The molecular weight excluding hydrogens is 587 g/mol. The minimum atomic E-state index is -2.83. The maximum absolute atomic E-state index is 13.5. The average Bonchev–Trinajstić information content (AvgIpc) is 3.07. The zero-order valence-electron chi connectivity index (χ0n) is 26.7. The third kappa shape index (κ3) is 6.23. The highest BCUT2D eigenvalue weighted by atomic mass is 28.4. The van der Waals surface area contributed by atoms with E-state index in [1.807, 2.05) is 78.9 Å². The summed E-state index contributed by atoms with van der Waals surface area (Å²) in [6.45, 7) is 6.71. The topological polar surface area (TPSA) is 59.0 Å². The number of hydrogen-bond donors (Lipinski definition) is 1. The quantitative estimate of drug-likeness (QED) is 0.178. The van der Waals surface area contributed by atoms with Crippen LogP contribution in [0.1, 0.15) is 38.3 Å². The minimum Gasteiger partial charge on any atom is -0.534 e. The third-order valence-electron chi connectivity index (χ3n) is 8.95. The zero-order valence-corrected chi connectivity index (χ0v) is 27.7. The van der Waals surface area contributed by atoms with Crippen LogP contribution in [0.3, 0.4) is 0 Å². The molecule has 1 aliphatic rings.